The van der Waals surface area contributed by atoms with Gasteiger partial charge in [0.05, 0.1) is 14.2 Å². The van der Waals surface area contributed by atoms with E-state index in [0.29, 0.717) is 6.54 Å². The number of benzene rings is 2. The van der Waals surface area contributed by atoms with Crippen LogP contribution in [0, 0.1) is 5.82 Å². The Balaban J connectivity index is 1.55. The highest BCUT2D eigenvalue weighted by atomic mass is 19.1. The molecule has 0 bridgehead atoms. The summed E-state index contributed by atoms with van der Waals surface area (Å²) in [5.74, 6) is 2.00. The Kier molecular flexibility index (Phi) is 7.54. The highest BCUT2D eigenvalue weighted by molar-refractivity contribution is 5.83. The fourth-order valence-corrected chi connectivity index (χ4v) is 3.36. The van der Waals surface area contributed by atoms with Crippen molar-refractivity contribution in [3.63, 3.8) is 0 Å². The summed E-state index contributed by atoms with van der Waals surface area (Å²) in [6.45, 7) is 4.21. The molecule has 0 spiro atoms. The molecule has 3 N–H and O–H groups in total. The lowest BCUT2D eigenvalue weighted by atomic mass is 10.1. The number of hydrogen-bond acceptors (Lipinski definition) is 3. The highest BCUT2D eigenvalue weighted by Crippen LogP contribution is 2.27. The van der Waals surface area contributed by atoms with Gasteiger partial charge >= 0.3 is 0 Å². The van der Waals surface area contributed by atoms with Gasteiger partial charge in [-0.3, -0.25) is 4.99 Å². The van der Waals surface area contributed by atoms with Gasteiger partial charge in [0.15, 0.2) is 17.5 Å². The van der Waals surface area contributed by atoms with Crippen LogP contribution in [0.3, 0.4) is 0 Å². The topological polar surface area (TPSA) is 70.7 Å². The summed E-state index contributed by atoms with van der Waals surface area (Å²) in [5, 5.41) is 7.68. The first-order chi connectivity index (χ1) is 14.6. The molecule has 0 saturated carbocycles. The van der Waals surface area contributed by atoms with Crippen LogP contribution >= 0.6 is 0 Å². The molecule has 0 aliphatic carbocycles. The molecule has 0 amide bonds. The Morgan fingerprint density at radius 2 is 1.87 bits per heavy atom. The zero-order valence-corrected chi connectivity index (χ0v) is 17.7. The Morgan fingerprint density at radius 3 is 2.63 bits per heavy atom. The molecule has 30 heavy (non-hydrogen) atoms. The molecule has 7 heteroatoms. The van der Waals surface area contributed by atoms with E-state index in [2.05, 4.69) is 20.6 Å². The first kappa shape index (κ1) is 21.5. The lowest BCUT2D eigenvalue weighted by molar-refractivity contribution is 0.354. The van der Waals surface area contributed by atoms with E-state index in [0.717, 1.165) is 65.4 Å². The zero-order chi connectivity index (χ0) is 21.3. The molecule has 0 unspecified atom stereocenters. The van der Waals surface area contributed by atoms with E-state index in [9.17, 15) is 4.39 Å². The maximum absolute atomic E-state index is 13.3. The molecule has 0 aliphatic heterocycles. The van der Waals surface area contributed by atoms with E-state index >= 15 is 0 Å². The second-order valence-corrected chi connectivity index (χ2v) is 6.88. The van der Waals surface area contributed by atoms with Gasteiger partial charge in [-0.1, -0.05) is 6.07 Å². The number of methoxy groups -OCH3 is 2. The quantitative estimate of drug-likeness (QED) is 0.371. The minimum absolute atomic E-state index is 0.234. The largest absolute Gasteiger partial charge is 0.493 e. The standard InChI is InChI=1S/C23H29FN4O2/c1-4-25-23(26-11-9-16-5-8-21(29-2)22(13-16)30-3)27-12-10-17-15-28-20-14-18(24)6-7-19(17)20/h5-8,13-15,28H,4,9-12H2,1-3H3,(H2,25,26,27). The maximum Gasteiger partial charge on any atom is 0.191 e. The monoisotopic (exact) mass is 412 g/mol. The van der Waals surface area contributed by atoms with Crippen molar-refractivity contribution in [3.8, 4) is 11.5 Å². The van der Waals surface area contributed by atoms with Gasteiger partial charge < -0.3 is 25.1 Å². The van der Waals surface area contributed by atoms with Crippen molar-refractivity contribution in [1.82, 2.24) is 15.6 Å². The molecule has 0 radical (unpaired) electrons. The average molecular weight is 413 g/mol. The predicted molar refractivity (Wildman–Crippen MR) is 119 cm³/mol. The van der Waals surface area contributed by atoms with Crippen molar-refractivity contribution in [1.29, 1.82) is 0 Å². The fraction of sp³-hybridized carbons (Fsp3) is 0.348. The van der Waals surface area contributed by atoms with Crippen LogP contribution in [0.4, 0.5) is 4.39 Å². The molecule has 6 nitrogen and oxygen atoms in total. The molecule has 3 rings (SSSR count). The van der Waals surface area contributed by atoms with Crippen LogP contribution in [0.2, 0.25) is 0 Å². The maximum atomic E-state index is 13.3. The van der Waals surface area contributed by atoms with Crippen LogP contribution in [0.1, 0.15) is 18.1 Å². The Bertz CT molecular complexity index is 1000. The number of ether oxygens (including phenoxy) is 2. The molecular weight excluding hydrogens is 383 g/mol. The normalized spacial score (nSPS) is 11.5. The second kappa shape index (κ2) is 10.5. The number of nitrogens with one attached hydrogen (secondary N) is 3. The number of halogens is 1. The first-order valence-electron chi connectivity index (χ1n) is 10.1. The highest BCUT2D eigenvalue weighted by Gasteiger charge is 2.06. The van der Waals surface area contributed by atoms with E-state index in [1.165, 1.54) is 12.1 Å². The van der Waals surface area contributed by atoms with Gasteiger partial charge in [-0.05, 0) is 61.2 Å². The van der Waals surface area contributed by atoms with Crippen molar-refractivity contribution in [2.45, 2.75) is 19.8 Å². The van der Waals surface area contributed by atoms with Crippen LogP contribution in [-0.2, 0) is 12.8 Å². The van der Waals surface area contributed by atoms with E-state index < -0.39 is 0 Å². The number of aromatic nitrogens is 1. The number of aliphatic imine (C=N–C) groups is 1. The van der Waals surface area contributed by atoms with E-state index in [-0.39, 0.29) is 5.82 Å². The van der Waals surface area contributed by atoms with Crippen LogP contribution in [0.15, 0.2) is 47.6 Å². The molecule has 1 aromatic heterocycles. The van der Waals surface area contributed by atoms with Gasteiger partial charge in [0.1, 0.15) is 5.82 Å². The predicted octanol–water partition coefficient (Wildman–Crippen LogP) is 3.66. The van der Waals surface area contributed by atoms with Crippen molar-refractivity contribution < 1.29 is 13.9 Å². The summed E-state index contributed by atoms with van der Waals surface area (Å²) in [4.78, 5) is 7.79. The van der Waals surface area contributed by atoms with Gasteiger partial charge in [0.2, 0.25) is 0 Å². The van der Waals surface area contributed by atoms with Gasteiger partial charge in [0.25, 0.3) is 0 Å². The summed E-state index contributed by atoms with van der Waals surface area (Å²) < 4.78 is 24.0. The van der Waals surface area contributed by atoms with Crippen molar-refractivity contribution in [3.05, 3.63) is 59.5 Å². The first-order valence-corrected chi connectivity index (χ1v) is 10.1. The zero-order valence-electron chi connectivity index (χ0n) is 17.7. The Morgan fingerprint density at radius 1 is 1.03 bits per heavy atom. The van der Waals surface area contributed by atoms with Crippen molar-refractivity contribution >= 4 is 16.9 Å². The third-order valence-corrected chi connectivity index (χ3v) is 4.88. The van der Waals surface area contributed by atoms with Gasteiger partial charge in [0, 0.05) is 36.7 Å². The van der Waals surface area contributed by atoms with Crippen molar-refractivity contribution in [2.75, 3.05) is 33.9 Å². The van der Waals surface area contributed by atoms with Crippen LogP contribution < -0.4 is 20.1 Å². The summed E-state index contributed by atoms with van der Waals surface area (Å²) in [7, 11) is 3.27. The molecular formula is C23H29FN4O2. The van der Waals surface area contributed by atoms with Crippen LogP contribution in [0.5, 0.6) is 11.5 Å². The Labute approximate surface area is 176 Å². The molecule has 3 aromatic rings. The molecule has 0 saturated heterocycles. The molecule has 1 heterocycles. The van der Waals surface area contributed by atoms with Gasteiger partial charge in [-0.25, -0.2) is 4.39 Å². The molecule has 0 atom stereocenters. The number of aromatic amines is 1. The third-order valence-electron chi connectivity index (χ3n) is 4.88. The summed E-state index contributed by atoms with van der Waals surface area (Å²) in [6.07, 6.45) is 3.54. The van der Waals surface area contributed by atoms with Crippen LogP contribution in [-0.4, -0.2) is 44.8 Å². The average Bonchev–Trinajstić information content (AvgIpc) is 3.15. The number of H-pyrrole nitrogens is 1. The number of hydrogen-bond donors (Lipinski definition) is 3. The van der Waals surface area contributed by atoms with Gasteiger partial charge in [-0.2, -0.15) is 0 Å². The minimum Gasteiger partial charge on any atom is -0.493 e. The van der Waals surface area contributed by atoms with E-state index in [4.69, 9.17) is 9.47 Å². The van der Waals surface area contributed by atoms with Crippen molar-refractivity contribution in [2.24, 2.45) is 4.99 Å². The van der Waals surface area contributed by atoms with E-state index in [1.54, 1.807) is 14.2 Å². The summed E-state index contributed by atoms with van der Waals surface area (Å²) in [6, 6.07) is 10.8. The second-order valence-electron chi connectivity index (χ2n) is 6.88. The van der Waals surface area contributed by atoms with Crippen LogP contribution in [0.25, 0.3) is 10.9 Å². The molecule has 160 valence electrons. The summed E-state index contributed by atoms with van der Waals surface area (Å²) >= 11 is 0. The molecule has 0 fully saturated rings. The lowest BCUT2D eigenvalue weighted by Gasteiger charge is -2.12. The SMILES string of the molecule is CCNC(=NCCc1c[nH]c2cc(F)ccc12)NCCc1ccc(OC)c(OC)c1. The molecule has 0 aliphatic rings. The third kappa shape index (κ3) is 5.43. The summed E-state index contributed by atoms with van der Waals surface area (Å²) in [5.41, 5.74) is 3.10. The smallest absolute Gasteiger partial charge is 0.191 e. The van der Waals surface area contributed by atoms with Gasteiger partial charge in [-0.15, -0.1) is 0 Å². The minimum atomic E-state index is -0.234. The van der Waals surface area contributed by atoms with E-state index in [1.807, 2.05) is 37.4 Å². The number of rotatable bonds is 9. The number of guanidine groups is 1. The fourth-order valence-electron chi connectivity index (χ4n) is 3.36. The lowest BCUT2D eigenvalue weighted by Crippen LogP contribution is -2.38. The number of nitrogens with zero attached hydrogens (tertiary/aromatic N) is 1. The number of fused-ring (bicyclic) bond motifs is 1. The molecule has 2 aromatic carbocycles. The Hall–Kier alpha value is -3.22.